The van der Waals surface area contributed by atoms with E-state index in [0.29, 0.717) is 17.6 Å². The molecule has 0 spiro atoms. The number of ether oxygens (including phenoxy) is 2. The van der Waals surface area contributed by atoms with Crippen molar-refractivity contribution in [3.63, 3.8) is 0 Å². The third-order valence-electron chi connectivity index (χ3n) is 2.69. The van der Waals surface area contributed by atoms with Gasteiger partial charge in [-0.05, 0) is 46.5 Å². The average Bonchev–Trinajstić information content (AvgIpc) is 3.14. The summed E-state index contributed by atoms with van der Waals surface area (Å²) in [7, 11) is 1.59. The molecule has 94 valence electrons. The minimum absolute atomic E-state index is 0.0988. The largest absolute Gasteiger partial charge is 0.493 e. The molecule has 4 nitrogen and oxygen atoms in total. The van der Waals surface area contributed by atoms with Crippen LogP contribution in [0.15, 0.2) is 16.6 Å². The van der Waals surface area contributed by atoms with Gasteiger partial charge in [0.2, 0.25) is 0 Å². The lowest BCUT2D eigenvalue weighted by Gasteiger charge is -2.16. The van der Waals surface area contributed by atoms with Crippen molar-refractivity contribution in [1.29, 1.82) is 0 Å². The van der Waals surface area contributed by atoms with Crippen molar-refractivity contribution in [2.75, 3.05) is 13.7 Å². The van der Waals surface area contributed by atoms with Crippen LogP contribution in [0.25, 0.3) is 0 Å². The second-order valence-electron chi connectivity index (χ2n) is 4.14. The van der Waals surface area contributed by atoms with Crippen LogP contribution in [0, 0.1) is 0 Å². The Hall–Kier alpha value is -0.780. The van der Waals surface area contributed by atoms with Crippen LogP contribution in [-0.2, 0) is 0 Å². The highest BCUT2D eigenvalue weighted by atomic mass is 79.9. The molecule has 1 atom stereocenters. The Morgan fingerprint density at radius 2 is 2.24 bits per heavy atom. The first-order chi connectivity index (χ1) is 8.15. The first-order valence-corrected chi connectivity index (χ1v) is 6.35. The van der Waals surface area contributed by atoms with Gasteiger partial charge in [0.05, 0.1) is 30.3 Å². The Labute approximate surface area is 109 Å². The van der Waals surface area contributed by atoms with E-state index >= 15 is 0 Å². The summed E-state index contributed by atoms with van der Waals surface area (Å²) in [6.45, 7) is -0.0988. The zero-order valence-electron chi connectivity index (χ0n) is 9.65. The maximum absolute atomic E-state index is 9.06. The standard InChI is InChI=1S/C12H16BrNO3/c1-16-11-5-7(10(14)6-15)4-9(13)12(11)17-8-2-3-8/h4-5,8,10,15H,2-3,6,14H2,1H3. The van der Waals surface area contributed by atoms with Crippen molar-refractivity contribution in [3.8, 4) is 11.5 Å². The first-order valence-electron chi connectivity index (χ1n) is 5.56. The number of rotatable bonds is 5. The normalized spacial score (nSPS) is 16.7. The van der Waals surface area contributed by atoms with Crippen LogP contribution in [0.5, 0.6) is 11.5 Å². The molecule has 1 fully saturated rings. The molecule has 0 aliphatic heterocycles. The molecule has 5 heteroatoms. The van der Waals surface area contributed by atoms with Crippen LogP contribution >= 0.6 is 15.9 Å². The summed E-state index contributed by atoms with van der Waals surface area (Å²) >= 11 is 3.45. The van der Waals surface area contributed by atoms with E-state index in [9.17, 15) is 0 Å². The zero-order chi connectivity index (χ0) is 12.4. The smallest absolute Gasteiger partial charge is 0.175 e. The lowest BCUT2D eigenvalue weighted by molar-refractivity contribution is 0.265. The second-order valence-corrected chi connectivity index (χ2v) is 4.99. The number of hydrogen-bond acceptors (Lipinski definition) is 4. The van der Waals surface area contributed by atoms with Crippen molar-refractivity contribution in [2.24, 2.45) is 5.73 Å². The Bertz CT molecular complexity index is 407. The van der Waals surface area contributed by atoms with Gasteiger partial charge in [0.1, 0.15) is 0 Å². The lowest BCUT2D eigenvalue weighted by Crippen LogP contribution is -2.14. The molecule has 0 saturated heterocycles. The number of hydrogen-bond donors (Lipinski definition) is 2. The number of halogens is 1. The number of benzene rings is 1. The molecule has 0 radical (unpaired) electrons. The molecule has 0 bridgehead atoms. The summed E-state index contributed by atoms with van der Waals surface area (Å²) in [5, 5.41) is 9.06. The van der Waals surface area contributed by atoms with Crippen molar-refractivity contribution < 1.29 is 14.6 Å². The fraction of sp³-hybridized carbons (Fsp3) is 0.500. The van der Waals surface area contributed by atoms with E-state index < -0.39 is 6.04 Å². The first kappa shape index (κ1) is 12.7. The van der Waals surface area contributed by atoms with Gasteiger partial charge in [-0.25, -0.2) is 0 Å². The molecule has 1 saturated carbocycles. The molecular weight excluding hydrogens is 286 g/mol. The van der Waals surface area contributed by atoms with E-state index in [2.05, 4.69) is 15.9 Å². The van der Waals surface area contributed by atoms with Gasteiger partial charge in [-0.15, -0.1) is 0 Å². The number of nitrogens with two attached hydrogens (primary N) is 1. The van der Waals surface area contributed by atoms with Crippen LogP contribution in [-0.4, -0.2) is 24.9 Å². The third-order valence-corrected chi connectivity index (χ3v) is 3.27. The maximum atomic E-state index is 9.06. The summed E-state index contributed by atoms with van der Waals surface area (Å²) in [5.41, 5.74) is 6.60. The van der Waals surface area contributed by atoms with E-state index in [1.807, 2.05) is 12.1 Å². The van der Waals surface area contributed by atoms with E-state index in [-0.39, 0.29) is 6.61 Å². The van der Waals surface area contributed by atoms with Gasteiger partial charge < -0.3 is 20.3 Å². The Kier molecular flexibility index (Phi) is 3.91. The molecule has 1 aliphatic carbocycles. The average molecular weight is 302 g/mol. The van der Waals surface area contributed by atoms with Crippen LogP contribution < -0.4 is 15.2 Å². The minimum atomic E-state index is -0.407. The molecule has 2 rings (SSSR count). The quantitative estimate of drug-likeness (QED) is 0.873. The topological polar surface area (TPSA) is 64.7 Å². The van der Waals surface area contributed by atoms with E-state index in [4.69, 9.17) is 20.3 Å². The van der Waals surface area contributed by atoms with Gasteiger partial charge in [0.25, 0.3) is 0 Å². The summed E-state index contributed by atoms with van der Waals surface area (Å²) in [6.07, 6.45) is 2.48. The maximum Gasteiger partial charge on any atom is 0.175 e. The molecule has 0 heterocycles. The fourth-order valence-corrected chi connectivity index (χ4v) is 2.08. The summed E-state index contributed by atoms with van der Waals surface area (Å²) in [5.74, 6) is 1.36. The lowest BCUT2D eigenvalue weighted by atomic mass is 10.1. The highest BCUT2D eigenvalue weighted by Gasteiger charge is 2.26. The van der Waals surface area contributed by atoms with Gasteiger partial charge in [0.15, 0.2) is 11.5 Å². The molecule has 0 aromatic heterocycles. The van der Waals surface area contributed by atoms with Crippen LogP contribution in [0.4, 0.5) is 0 Å². The number of aliphatic hydroxyl groups is 1. The SMILES string of the molecule is COc1cc(C(N)CO)cc(Br)c1OC1CC1. The Morgan fingerprint density at radius 3 is 2.76 bits per heavy atom. The second kappa shape index (κ2) is 5.25. The molecule has 0 amide bonds. The van der Waals surface area contributed by atoms with Crippen LogP contribution in [0.2, 0.25) is 0 Å². The molecular formula is C12H16BrNO3. The predicted octanol–water partition coefficient (Wildman–Crippen LogP) is 1.99. The van der Waals surface area contributed by atoms with Crippen molar-refractivity contribution in [3.05, 3.63) is 22.2 Å². The Balaban J connectivity index is 2.31. The Morgan fingerprint density at radius 1 is 1.53 bits per heavy atom. The molecule has 1 aromatic rings. The molecule has 1 aliphatic rings. The summed E-state index contributed by atoms with van der Waals surface area (Å²) < 4.78 is 11.9. The number of methoxy groups -OCH3 is 1. The van der Waals surface area contributed by atoms with E-state index in [1.54, 1.807) is 7.11 Å². The minimum Gasteiger partial charge on any atom is -0.493 e. The van der Waals surface area contributed by atoms with Crippen molar-refractivity contribution in [2.45, 2.75) is 25.0 Å². The number of aliphatic hydroxyl groups excluding tert-OH is 1. The predicted molar refractivity (Wildman–Crippen MR) is 68.4 cm³/mol. The molecule has 1 aromatic carbocycles. The van der Waals surface area contributed by atoms with Crippen molar-refractivity contribution >= 4 is 15.9 Å². The molecule has 17 heavy (non-hydrogen) atoms. The van der Waals surface area contributed by atoms with Gasteiger partial charge in [0, 0.05) is 0 Å². The molecule has 3 N–H and O–H groups in total. The highest BCUT2D eigenvalue weighted by molar-refractivity contribution is 9.10. The van der Waals surface area contributed by atoms with E-state index in [1.165, 1.54) is 0 Å². The van der Waals surface area contributed by atoms with Gasteiger partial charge in [-0.3, -0.25) is 0 Å². The zero-order valence-corrected chi connectivity index (χ0v) is 11.2. The summed E-state index contributed by atoms with van der Waals surface area (Å²) in [4.78, 5) is 0. The van der Waals surface area contributed by atoms with E-state index in [0.717, 1.165) is 22.9 Å². The van der Waals surface area contributed by atoms with Crippen LogP contribution in [0.3, 0.4) is 0 Å². The van der Waals surface area contributed by atoms with Gasteiger partial charge in [-0.2, -0.15) is 0 Å². The third kappa shape index (κ3) is 2.91. The van der Waals surface area contributed by atoms with Gasteiger partial charge in [-0.1, -0.05) is 0 Å². The van der Waals surface area contributed by atoms with Gasteiger partial charge >= 0.3 is 0 Å². The van der Waals surface area contributed by atoms with Crippen molar-refractivity contribution in [1.82, 2.24) is 0 Å². The highest BCUT2D eigenvalue weighted by Crippen LogP contribution is 2.41. The fourth-order valence-electron chi connectivity index (χ4n) is 1.53. The molecule has 1 unspecified atom stereocenters. The monoisotopic (exact) mass is 301 g/mol. The summed E-state index contributed by atoms with van der Waals surface area (Å²) in [6, 6.07) is 3.26. The van der Waals surface area contributed by atoms with Crippen LogP contribution in [0.1, 0.15) is 24.4 Å².